The van der Waals surface area contributed by atoms with E-state index in [1.54, 1.807) is 12.0 Å². The molecule has 0 saturated carbocycles. The van der Waals surface area contributed by atoms with E-state index in [4.69, 9.17) is 26.4 Å². The molecule has 2 saturated heterocycles. The van der Waals surface area contributed by atoms with Crippen LogP contribution in [0.3, 0.4) is 0 Å². The van der Waals surface area contributed by atoms with Gasteiger partial charge in [-0.1, -0.05) is 19.1 Å². The maximum atomic E-state index is 12.3. The molecule has 0 bridgehead atoms. The van der Waals surface area contributed by atoms with E-state index < -0.39 is 0 Å². The molecule has 0 unspecified atom stereocenters. The third-order valence-corrected chi connectivity index (χ3v) is 5.69. The lowest BCUT2D eigenvalue weighted by molar-refractivity contribution is -0.137. The fourth-order valence-electron chi connectivity index (χ4n) is 3.36. The van der Waals surface area contributed by atoms with Crippen LogP contribution in [0, 0.1) is 5.92 Å². The second-order valence-corrected chi connectivity index (χ2v) is 7.51. The summed E-state index contributed by atoms with van der Waals surface area (Å²) in [6, 6.07) is 5.67. The van der Waals surface area contributed by atoms with Crippen molar-refractivity contribution in [2.45, 2.75) is 19.8 Å². The Balaban J connectivity index is 1.61. The molecule has 0 spiro atoms. The Kier molecular flexibility index (Phi) is 6.90. The molecule has 0 atom stereocenters. The minimum atomic E-state index is -0.0395. The number of hydrogen-bond donors (Lipinski definition) is 0. The summed E-state index contributed by atoms with van der Waals surface area (Å²) in [4.78, 5) is 17.1. The van der Waals surface area contributed by atoms with Crippen LogP contribution < -0.4 is 9.47 Å². The standard InChI is InChI=1S/C20H28N2O4S/c1-15-5-7-22(8-6-15)20(27)16-3-4-17(18(13-16)24-2)26-14-19(23)21-9-11-25-12-10-21/h3-4,13,15H,5-12,14H2,1-2H3. The summed E-state index contributed by atoms with van der Waals surface area (Å²) >= 11 is 5.68. The monoisotopic (exact) mass is 392 g/mol. The summed E-state index contributed by atoms with van der Waals surface area (Å²) in [7, 11) is 1.60. The Morgan fingerprint density at radius 3 is 2.52 bits per heavy atom. The van der Waals surface area contributed by atoms with Gasteiger partial charge in [-0.15, -0.1) is 0 Å². The van der Waals surface area contributed by atoms with Crippen molar-refractivity contribution in [3.05, 3.63) is 23.8 Å². The number of rotatable bonds is 5. The molecule has 0 aliphatic carbocycles. The van der Waals surface area contributed by atoms with Crippen LogP contribution in [0.25, 0.3) is 0 Å². The molecular formula is C20H28N2O4S. The van der Waals surface area contributed by atoms with Crippen LogP contribution in [0.4, 0.5) is 0 Å². The number of amides is 1. The van der Waals surface area contributed by atoms with Gasteiger partial charge >= 0.3 is 0 Å². The van der Waals surface area contributed by atoms with Crippen LogP contribution in [-0.4, -0.2) is 73.8 Å². The molecule has 2 fully saturated rings. The number of nitrogens with zero attached hydrogens (tertiary/aromatic N) is 2. The van der Waals surface area contributed by atoms with Gasteiger partial charge in [0.2, 0.25) is 0 Å². The molecule has 1 aromatic carbocycles. The fraction of sp³-hybridized carbons (Fsp3) is 0.600. The Hall–Kier alpha value is -1.86. The summed E-state index contributed by atoms with van der Waals surface area (Å²) in [6.07, 6.45) is 2.34. The van der Waals surface area contributed by atoms with Crippen molar-refractivity contribution in [1.29, 1.82) is 0 Å². The highest BCUT2D eigenvalue weighted by molar-refractivity contribution is 7.80. The van der Waals surface area contributed by atoms with Gasteiger partial charge < -0.3 is 24.0 Å². The molecule has 1 amide bonds. The minimum absolute atomic E-state index is 0.00976. The highest BCUT2D eigenvalue weighted by atomic mass is 32.1. The normalized spacial score (nSPS) is 18.3. The molecule has 148 valence electrons. The lowest BCUT2D eigenvalue weighted by Crippen LogP contribution is -2.43. The van der Waals surface area contributed by atoms with Crippen LogP contribution >= 0.6 is 12.2 Å². The van der Waals surface area contributed by atoms with E-state index in [0.717, 1.165) is 29.6 Å². The maximum Gasteiger partial charge on any atom is 0.260 e. The fourth-order valence-corrected chi connectivity index (χ4v) is 3.67. The quantitative estimate of drug-likeness (QED) is 0.717. The topological polar surface area (TPSA) is 51.2 Å². The van der Waals surface area contributed by atoms with Crippen molar-refractivity contribution in [2.24, 2.45) is 5.92 Å². The van der Waals surface area contributed by atoms with Gasteiger partial charge in [0.25, 0.3) is 5.91 Å². The number of likely N-dealkylation sites (tertiary alicyclic amines) is 1. The second kappa shape index (κ2) is 9.37. The molecule has 6 nitrogen and oxygen atoms in total. The number of morpholine rings is 1. The number of methoxy groups -OCH3 is 1. The molecule has 2 aliphatic heterocycles. The van der Waals surface area contributed by atoms with Crippen LogP contribution in [0.15, 0.2) is 18.2 Å². The SMILES string of the molecule is COc1cc(C(=S)N2CCC(C)CC2)ccc1OCC(=O)N1CCOCC1. The summed E-state index contributed by atoms with van der Waals surface area (Å²) < 4.78 is 16.5. The van der Waals surface area contributed by atoms with Crippen molar-refractivity contribution >= 4 is 23.1 Å². The van der Waals surface area contributed by atoms with Gasteiger partial charge in [0.1, 0.15) is 4.99 Å². The van der Waals surface area contributed by atoms with Crippen molar-refractivity contribution in [3.8, 4) is 11.5 Å². The van der Waals surface area contributed by atoms with E-state index in [-0.39, 0.29) is 12.5 Å². The second-order valence-electron chi connectivity index (χ2n) is 7.12. The highest BCUT2D eigenvalue weighted by Crippen LogP contribution is 2.29. The Bertz CT molecular complexity index is 668. The lowest BCUT2D eigenvalue weighted by atomic mass is 9.99. The molecule has 0 radical (unpaired) electrons. The van der Waals surface area contributed by atoms with Gasteiger partial charge in [0, 0.05) is 31.7 Å². The van der Waals surface area contributed by atoms with Gasteiger partial charge in [-0.3, -0.25) is 4.79 Å². The Labute approximate surface area is 166 Å². The van der Waals surface area contributed by atoms with E-state index in [1.807, 2.05) is 18.2 Å². The zero-order valence-electron chi connectivity index (χ0n) is 16.1. The van der Waals surface area contributed by atoms with E-state index in [2.05, 4.69) is 11.8 Å². The van der Waals surface area contributed by atoms with Gasteiger partial charge in [-0.25, -0.2) is 0 Å². The zero-order chi connectivity index (χ0) is 19.2. The number of hydrogen-bond acceptors (Lipinski definition) is 5. The molecular weight excluding hydrogens is 364 g/mol. The molecule has 3 rings (SSSR count). The number of piperidine rings is 1. The Morgan fingerprint density at radius 1 is 1.15 bits per heavy atom. The first-order chi connectivity index (χ1) is 13.1. The van der Waals surface area contributed by atoms with Crippen LogP contribution in [-0.2, 0) is 9.53 Å². The molecule has 27 heavy (non-hydrogen) atoms. The summed E-state index contributed by atoms with van der Waals surface area (Å²) in [6.45, 7) is 6.65. The van der Waals surface area contributed by atoms with Gasteiger partial charge in [0.15, 0.2) is 18.1 Å². The zero-order valence-corrected chi connectivity index (χ0v) is 16.9. The molecule has 2 heterocycles. The van der Waals surface area contributed by atoms with Crippen LogP contribution in [0.1, 0.15) is 25.3 Å². The van der Waals surface area contributed by atoms with E-state index in [9.17, 15) is 4.79 Å². The van der Waals surface area contributed by atoms with Crippen molar-refractivity contribution in [2.75, 3.05) is 53.1 Å². The van der Waals surface area contributed by atoms with E-state index in [1.165, 1.54) is 12.8 Å². The average molecular weight is 393 g/mol. The first-order valence-corrected chi connectivity index (χ1v) is 9.95. The number of carbonyl (C=O) groups is 1. The van der Waals surface area contributed by atoms with Gasteiger partial charge in [0.05, 0.1) is 20.3 Å². The lowest BCUT2D eigenvalue weighted by Gasteiger charge is -2.32. The highest BCUT2D eigenvalue weighted by Gasteiger charge is 2.21. The van der Waals surface area contributed by atoms with Crippen LogP contribution in [0.5, 0.6) is 11.5 Å². The first kappa shape index (κ1) is 19.9. The number of thiocarbonyl (C=S) groups is 1. The predicted molar refractivity (Wildman–Crippen MR) is 108 cm³/mol. The predicted octanol–water partition coefficient (Wildman–Crippen LogP) is 2.34. The number of ether oxygens (including phenoxy) is 3. The molecule has 2 aliphatic rings. The average Bonchev–Trinajstić information content (AvgIpc) is 2.72. The van der Waals surface area contributed by atoms with Gasteiger partial charge in [-0.05, 0) is 37.0 Å². The summed E-state index contributed by atoms with van der Waals surface area (Å²) in [5.74, 6) is 1.87. The number of benzene rings is 1. The maximum absolute atomic E-state index is 12.3. The molecule has 1 aromatic rings. The first-order valence-electron chi connectivity index (χ1n) is 9.54. The van der Waals surface area contributed by atoms with E-state index >= 15 is 0 Å². The molecule has 7 heteroatoms. The van der Waals surface area contributed by atoms with E-state index in [0.29, 0.717) is 37.8 Å². The van der Waals surface area contributed by atoms with Crippen molar-refractivity contribution in [3.63, 3.8) is 0 Å². The minimum Gasteiger partial charge on any atom is -0.493 e. The largest absolute Gasteiger partial charge is 0.493 e. The third-order valence-electron chi connectivity index (χ3n) is 5.20. The molecule has 0 N–H and O–H groups in total. The summed E-state index contributed by atoms with van der Waals surface area (Å²) in [5, 5.41) is 0. The van der Waals surface area contributed by atoms with Crippen molar-refractivity contribution in [1.82, 2.24) is 9.80 Å². The van der Waals surface area contributed by atoms with Crippen LogP contribution in [0.2, 0.25) is 0 Å². The smallest absolute Gasteiger partial charge is 0.260 e. The van der Waals surface area contributed by atoms with Gasteiger partial charge in [-0.2, -0.15) is 0 Å². The van der Waals surface area contributed by atoms with Crippen molar-refractivity contribution < 1.29 is 19.0 Å². The Morgan fingerprint density at radius 2 is 1.85 bits per heavy atom. The third kappa shape index (κ3) is 5.11. The summed E-state index contributed by atoms with van der Waals surface area (Å²) in [5.41, 5.74) is 0.947. The molecule has 0 aromatic heterocycles. The number of carbonyl (C=O) groups excluding carboxylic acids is 1.